The van der Waals surface area contributed by atoms with Crippen LogP contribution in [0.5, 0.6) is 0 Å². The highest BCUT2D eigenvalue weighted by Crippen LogP contribution is 2.18. The van der Waals surface area contributed by atoms with Gasteiger partial charge in [-0.1, -0.05) is 26.2 Å². The van der Waals surface area contributed by atoms with Crippen LogP contribution >= 0.6 is 0 Å². The molecule has 1 saturated carbocycles. The lowest BCUT2D eigenvalue weighted by atomic mass is 10.0. The van der Waals surface area contributed by atoms with Crippen LogP contribution in [0.1, 0.15) is 51.9 Å². The minimum atomic E-state index is -0.242. The highest BCUT2D eigenvalue weighted by atomic mass is 16.5. The van der Waals surface area contributed by atoms with E-state index in [0.29, 0.717) is 0 Å². The van der Waals surface area contributed by atoms with Crippen molar-refractivity contribution in [3.63, 3.8) is 0 Å². The van der Waals surface area contributed by atoms with E-state index in [1.165, 1.54) is 12.8 Å². The van der Waals surface area contributed by atoms with Gasteiger partial charge in [0, 0.05) is 6.04 Å². The van der Waals surface area contributed by atoms with Crippen molar-refractivity contribution >= 4 is 11.9 Å². The molecule has 0 aromatic rings. The average molecular weight is 282 g/mol. The van der Waals surface area contributed by atoms with Crippen molar-refractivity contribution in [2.24, 2.45) is 0 Å². The van der Waals surface area contributed by atoms with E-state index in [2.05, 4.69) is 17.1 Å². The van der Waals surface area contributed by atoms with Crippen LogP contribution in [-0.4, -0.2) is 48.6 Å². The summed E-state index contributed by atoms with van der Waals surface area (Å²) in [6, 6.07) is 0.121. The molecule has 1 heterocycles. The number of likely N-dealkylation sites (N-methyl/N-ethyl adjacent to an activating group) is 1. The number of carbonyl (C=O) groups is 2. The van der Waals surface area contributed by atoms with Crippen LogP contribution in [0.3, 0.4) is 0 Å². The van der Waals surface area contributed by atoms with Gasteiger partial charge in [-0.2, -0.15) is 0 Å². The Labute approximate surface area is 121 Å². The lowest BCUT2D eigenvalue weighted by molar-refractivity contribution is -0.155. The number of nitrogens with one attached hydrogen (secondary N) is 1. The number of rotatable bonds is 5. The molecule has 0 aromatic heterocycles. The van der Waals surface area contributed by atoms with Gasteiger partial charge < -0.3 is 10.1 Å². The van der Waals surface area contributed by atoms with Crippen molar-refractivity contribution in [3.05, 3.63) is 0 Å². The van der Waals surface area contributed by atoms with Crippen molar-refractivity contribution in [2.45, 2.75) is 64.0 Å². The first-order valence-corrected chi connectivity index (χ1v) is 7.90. The molecule has 20 heavy (non-hydrogen) atoms. The van der Waals surface area contributed by atoms with Gasteiger partial charge in [0.1, 0.15) is 6.04 Å². The summed E-state index contributed by atoms with van der Waals surface area (Å²) in [5, 5.41) is 2.93. The standard InChI is InChI=1S/C15H26N2O3/c1-2-17-10-6-5-9-13(17)15(19)20-11-14(18)16-12-7-3-4-8-12/h12-13H,2-11H2,1H3,(H,16,18). The Hall–Kier alpha value is -1.10. The first-order valence-electron chi connectivity index (χ1n) is 7.90. The van der Waals surface area contributed by atoms with Crippen LogP contribution in [0.2, 0.25) is 0 Å². The van der Waals surface area contributed by atoms with Gasteiger partial charge in [-0.3, -0.25) is 14.5 Å². The number of piperidine rings is 1. The van der Waals surface area contributed by atoms with Crippen molar-refractivity contribution < 1.29 is 14.3 Å². The van der Waals surface area contributed by atoms with Crippen molar-refractivity contribution in [2.75, 3.05) is 19.7 Å². The maximum Gasteiger partial charge on any atom is 0.323 e. The van der Waals surface area contributed by atoms with Crippen molar-refractivity contribution in [3.8, 4) is 0 Å². The van der Waals surface area contributed by atoms with Crippen LogP contribution in [-0.2, 0) is 14.3 Å². The van der Waals surface area contributed by atoms with Gasteiger partial charge in [0.2, 0.25) is 0 Å². The predicted molar refractivity (Wildman–Crippen MR) is 76.2 cm³/mol. The minimum absolute atomic E-state index is 0.136. The van der Waals surface area contributed by atoms with Crippen LogP contribution in [0.25, 0.3) is 0 Å². The van der Waals surface area contributed by atoms with Gasteiger partial charge in [0.25, 0.3) is 5.91 Å². The molecule has 2 aliphatic rings. The second-order valence-electron chi connectivity index (χ2n) is 5.80. The molecular weight excluding hydrogens is 256 g/mol. The molecule has 1 aliphatic heterocycles. The molecule has 5 heteroatoms. The van der Waals surface area contributed by atoms with E-state index in [1.54, 1.807) is 0 Å². The summed E-state index contributed by atoms with van der Waals surface area (Å²) < 4.78 is 5.19. The molecule has 0 radical (unpaired) electrons. The first kappa shape index (κ1) is 15.3. The molecule has 2 fully saturated rings. The lowest BCUT2D eigenvalue weighted by Crippen LogP contribution is -2.46. The van der Waals surface area contributed by atoms with E-state index in [1.807, 2.05) is 0 Å². The molecule has 5 nitrogen and oxygen atoms in total. The number of hydrogen-bond acceptors (Lipinski definition) is 4. The van der Waals surface area contributed by atoms with E-state index in [-0.39, 0.29) is 30.6 Å². The average Bonchev–Trinajstić information content (AvgIpc) is 2.97. The summed E-state index contributed by atoms with van der Waals surface area (Å²) in [4.78, 5) is 25.9. The highest BCUT2D eigenvalue weighted by molar-refractivity contribution is 5.82. The van der Waals surface area contributed by atoms with Crippen molar-refractivity contribution in [1.29, 1.82) is 0 Å². The zero-order valence-corrected chi connectivity index (χ0v) is 12.4. The van der Waals surface area contributed by atoms with E-state index < -0.39 is 0 Å². The SMILES string of the molecule is CCN1CCCCC1C(=O)OCC(=O)NC1CCCC1. The van der Waals surface area contributed by atoms with Crippen LogP contribution in [0, 0.1) is 0 Å². The Morgan fingerprint density at radius 1 is 1.15 bits per heavy atom. The van der Waals surface area contributed by atoms with E-state index >= 15 is 0 Å². The molecule has 2 rings (SSSR count). The molecule has 1 aliphatic carbocycles. The lowest BCUT2D eigenvalue weighted by Gasteiger charge is -2.32. The topological polar surface area (TPSA) is 58.6 Å². The van der Waals surface area contributed by atoms with Crippen LogP contribution < -0.4 is 5.32 Å². The van der Waals surface area contributed by atoms with Crippen LogP contribution in [0.15, 0.2) is 0 Å². The third-order valence-corrected chi connectivity index (χ3v) is 4.36. The van der Waals surface area contributed by atoms with Gasteiger partial charge >= 0.3 is 5.97 Å². The number of ether oxygens (including phenoxy) is 1. The Kier molecular flexibility index (Phi) is 5.83. The number of nitrogens with zero attached hydrogens (tertiary/aromatic N) is 1. The summed E-state index contributed by atoms with van der Waals surface area (Å²) in [6.45, 7) is 3.72. The number of likely N-dealkylation sites (tertiary alicyclic amines) is 1. The molecular formula is C15H26N2O3. The summed E-state index contributed by atoms with van der Waals surface area (Å²) in [7, 11) is 0. The Balaban J connectivity index is 1.71. The first-order chi connectivity index (χ1) is 9.70. The number of carbonyl (C=O) groups excluding carboxylic acids is 2. The smallest absolute Gasteiger partial charge is 0.323 e. The fourth-order valence-electron chi connectivity index (χ4n) is 3.21. The summed E-state index contributed by atoms with van der Waals surface area (Å²) in [5.41, 5.74) is 0. The Bertz CT molecular complexity index is 340. The molecule has 1 atom stereocenters. The third-order valence-electron chi connectivity index (χ3n) is 4.36. The predicted octanol–water partition coefficient (Wildman–Crippen LogP) is 1.46. The fraction of sp³-hybridized carbons (Fsp3) is 0.867. The maximum absolute atomic E-state index is 12.1. The summed E-state index contributed by atoms with van der Waals surface area (Å²) in [6.07, 6.45) is 7.50. The van der Waals surface area contributed by atoms with Gasteiger partial charge in [0.15, 0.2) is 6.61 Å². The molecule has 1 amide bonds. The van der Waals surface area contributed by atoms with Crippen LogP contribution in [0.4, 0.5) is 0 Å². The largest absolute Gasteiger partial charge is 0.454 e. The summed E-state index contributed by atoms with van der Waals surface area (Å²) >= 11 is 0. The molecule has 1 saturated heterocycles. The Morgan fingerprint density at radius 2 is 1.85 bits per heavy atom. The highest BCUT2D eigenvalue weighted by Gasteiger charge is 2.29. The fourth-order valence-corrected chi connectivity index (χ4v) is 3.21. The van der Waals surface area contributed by atoms with Gasteiger partial charge in [-0.15, -0.1) is 0 Å². The molecule has 0 bridgehead atoms. The quantitative estimate of drug-likeness (QED) is 0.776. The van der Waals surface area contributed by atoms with E-state index in [9.17, 15) is 9.59 Å². The zero-order valence-electron chi connectivity index (χ0n) is 12.4. The maximum atomic E-state index is 12.1. The Morgan fingerprint density at radius 3 is 2.55 bits per heavy atom. The van der Waals surface area contributed by atoms with E-state index in [4.69, 9.17) is 4.74 Å². The van der Waals surface area contributed by atoms with Gasteiger partial charge in [0.05, 0.1) is 0 Å². The molecule has 0 aromatic carbocycles. The van der Waals surface area contributed by atoms with Gasteiger partial charge in [-0.25, -0.2) is 0 Å². The summed E-state index contributed by atoms with van der Waals surface area (Å²) in [5.74, 6) is -0.405. The normalized spacial score (nSPS) is 24.6. The molecule has 1 N–H and O–H groups in total. The second-order valence-corrected chi connectivity index (χ2v) is 5.80. The molecule has 1 unspecified atom stereocenters. The minimum Gasteiger partial charge on any atom is -0.454 e. The number of amides is 1. The van der Waals surface area contributed by atoms with Gasteiger partial charge in [-0.05, 0) is 38.8 Å². The number of esters is 1. The monoisotopic (exact) mass is 282 g/mol. The molecule has 114 valence electrons. The number of hydrogen-bond donors (Lipinski definition) is 1. The molecule has 0 spiro atoms. The van der Waals surface area contributed by atoms with E-state index in [0.717, 1.165) is 45.2 Å². The van der Waals surface area contributed by atoms with Crippen molar-refractivity contribution in [1.82, 2.24) is 10.2 Å². The third kappa shape index (κ3) is 4.20. The zero-order chi connectivity index (χ0) is 14.4. The second kappa shape index (κ2) is 7.62.